The van der Waals surface area contributed by atoms with Gasteiger partial charge in [0.2, 0.25) is 0 Å². The van der Waals surface area contributed by atoms with Crippen molar-refractivity contribution in [3.63, 3.8) is 0 Å². The fourth-order valence-corrected chi connectivity index (χ4v) is 1.55. The van der Waals surface area contributed by atoms with Crippen molar-refractivity contribution in [3.05, 3.63) is 35.4 Å². The Morgan fingerprint density at radius 3 is 2.47 bits per heavy atom. The molecule has 80 valence electrons. The third kappa shape index (κ3) is 1.66. The van der Waals surface area contributed by atoms with Crippen LogP contribution in [0, 0.1) is 6.92 Å². The van der Waals surface area contributed by atoms with Gasteiger partial charge in [0, 0.05) is 37.1 Å². The molecule has 1 unspecified atom stereocenters. The van der Waals surface area contributed by atoms with Crippen LogP contribution in [0.2, 0.25) is 0 Å². The number of hydrogen-bond acceptors (Lipinski definition) is 3. The molecule has 2 aromatic heterocycles. The van der Waals surface area contributed by atoms with E-state index in [2.05, 4.69) is 10.2 Å². The first-order chi connectivity index (χ1) is 7.09. The third-order valence-electron chi connectivity index (χ3n) is 2.61. The summed E-state index contributed by atoms with van der Waals surface area (Å²) in [7, 11) is 3.68. The summed E-state index contributed by atoms with van der Waals surface area (Å²) in [5.74, 6) is 0. The molecule has 2 aromatic rings. The zero-order chi connectivity index (χ0) is 11.0. The molecule has 5 nitrogen and oxygen atoms in total. The first kappa shape index (κ1) is 9.92. The Morgan fingerprint density at radius 1 is 1.27 bits per heavy atom. The summed E-state index contributed by atoms with van der Waals surface area (Å²) in [5, 5.41) is 18.2. The number of rotatable bonds is 2. The molecule has 0 saturated carbocycles. The zero-order valence-corrected chi connectivity index (χ0v) is 9.05. The van der Waals surface area contributed by atoms with Gasteiger partial charge in [0.25, 0.3) is 0 Å². The second-order valence-electron chi connectivity index (χ2n) is 3.66. The predicted molar refractivity (Wildman–Crippen MR) is 55.2 cm³/mol. The molecule has 1 atom stereocenters. The van der Waals surface area contributed by atoms with Crippen molar-refractivity contribution >= 4 is 0 Å². The smallest absolute Gasteiger partial charge is 0.110 e. The molecule has 0 saturated heterocycles. The van der Waals surface area contributed by atoms with E-state index in [4.69, 9.17) is 0 Å². The highest BCUT2D eigenvalue weighted by Gasteiger charge is 2.16. The maximum atomic E-state index is 10.1. The van der Waals surface area contributed by atoms with Crippen LogP contribution in [0.1, 0.15) is 22.9 Å². The van der Waals surface area contributed by atoms with E-state index in [0.29, 0.717) is 0 Å². The minimum Gasteiger partial charge on any atom is -0.383 e. The minimum absolute atomic E-state index is 0.646. The molecule has 2 heterocycles. The van der Waals surface area contributed by atoms with E-state index in [9.17, 15) is 5.11 Å². The molecule has 15 heavy (non-hydrogen) atoms. The van der Waals surface area contributed by atoms with Crippen LogP contribution in [0.15, 0.2) is 18.6 Å². The molecule has 0 aliphatic heterocycles. The lowest BCUT2D eigenvalue weighted by molar-refractivity contribution is 0.219. The average Bonchev–Trinajstić information content (AvgIpc) is 2.75. The van der Waals surface area contributed by atoms with Crippen molar-refractivity contribution < 1.29 is 5.11 Å². The van der Waals surface area contributed by atoms with E-state index in [0.717, 1.165) is 16.8 Å². The van der Waals surface area contributed by atoms with E-state index in [-0.39, 0.29) is 0 Å². The molecular formula is C10H14N4O. The van der Waals surface area contributed by atoms with Crippen molar-refractivity contribution in [2.45, 2.75) is 13.0 Å². The molecule has 5 heteroatoms. The van der Waals surface area contributed by atoms with Crippen molar-refractivity contribution in [1.29, 1.82) is 0 Å². The summed E-state index contributed by atoms with van der Waals surface area (Å²) < 4.78 is 3.42. The van der Waals surface area contributed by atoms with Gasteiger partial charge in [0.1, 0.15) is 6.10 Å². The monoisotopic (exact) mass is 206 g/mol. The molecule has 0 amide bonds. The number of aromatic nitrogens is 4. The van der Waals surface area contributed by atoms with Gasteiger partial charge in [-0.05, 0) is 6.92 Å². The second kappa shape index (κ2) is 3.51. The highest BCUT2D eigenvalue weighted by Crippen LogP contribution is 2.23. The van der Waals surface area contributed by atoms with Crippen LogP contribution in [0.3, 0.4) is 0 Å². The molecule has 0 fully saturated rings. The third-order valence-corrected chi connectivity index (χ3v) is 2.61. The topological polar surface area (TPSA) is 55.9 Å². The summed E-state index contributed by atoms with van der Waals surface area (Å²) in [6.07, 6.45) is 4.51. The Hall–Kier alpha value is -1.62. The number of aliphatic hydroxyl groups excluding tert-OH is 1. The largest absolute Gasteiger partial charge is 0.383 e. The molecule has 0 spiro atoms. The van der Waals surface area contributed by atoms with Crippen molar-refractivity contribution in [3.8, 4) is 0 Å². The van der Waals surface area contributed by atoms with Crippen LogP contribution in [0.5, 0.6) is 0 Å². The number of aryl methyl sites for hydroxylation is 2. The number of nitrogens with zero attached hydrogens (tertiary/aromatic N) is 4. The van der Waals surface area contributed by atoms with Gasteiger partial charge in [-0.2, -0.15) is 10.2 Å². The molecular weight excluding hydrogens is 192 g/mol. The normalized spacial score (nSPS) is 13.1. The first-order valence-electron chi connectivity index (χ1n) is 4.74. The lowest BCUT2D eigenvalue weighted by atomic mass is 10.1. The summed E-state index contributed by atoms with van der Waals surface area (Å²) >= 11 is 0. The average molecular weight is 206 g/mol. The van der Waals surface area contributed by atoms with Gasteiger partial charge < -0.3 is 5.11 Å². The standard InChI is InChI=1S/C10H14N4O/c1-7-9(5-12-14(7)3)10(15)8-4-11-13(2)6-8/h4-6,10,15H,1-3H3. The first-order valence-corrected chi connectivity index (χ1v) is 4.74. The van der Waals surface area contributed by atoms with Crippen molar-refractivity contribution in [2.75, 3.05) is 0 Å². The van der Waals surface area contributed by atoms with Crippen LogP contribution in [-0.2, 0) is 14.1 Å². The molecule has 0 aliphatic rings. The van der Waals surface area contributed by atoms with Crippen molar-refractivity contribution in [2.24, 2.45) is 14.1 Å². The van der Waals surface area contributed by atoms with Gasteiger partial charge in [-0.15, -0.1) is 0 Å². The predicted octanol–water partition coefficient (Wildman–Crippen LogP) is 0.544. The quantitative estimate of drug-likeness (QED) is 0.780. The van der Waals surface area contributed by atoms with Crippen molar-refractivity contribution in [1.82, 2.24) is 19.6 Å². The lowest BCUT2D eigenvalue weighted by Gasteiger charge is -2.07. The van der Waals surface area contributed by atoms with Gasteiger partial charge in [0.05, 0.1) is 12.4 Å². The Bertz CT molecular complexity index is 471. The summed E-state index contributed by atoms with van der Waals surface area (Å²) in [5.41, 5.74) is 2.57. The van der Waals surface area contributed by atoms with E-state index in [1.165, 1.54) is 0 Å². The van der Waals surface area contributed by atoms with E-state index in [1.54, 1.807) is 28.0 Å². The van der Waals surface area contributed by atoms with Gasteiger partial charge in [-0.25, -0.2) is 0 Å². The van der Waals surface area contributed by atoms with Crippen LogP contribution >= 0.6 is 0 Å². The van der Waals surface area contributed by atoms with E-state index >= 15 is 0 Å². The Morgan fingerprint density at radius 2 is 2.00 bits per heavy atom. The summed E-state index contributed by atoms with van der Waals surface area (Å²) in [6.45, 7) is 1.93. The van der Waals surface area contributed by atoms with Crippen LogP contribution < -0.4 is 0 Å². The SMILES string of the molecule is Cc1c(C(O)c2cnn(C)c2)cnn1C. The fraction of sp³-hybridized carbons (Fsp3) is 0.400. The van der Waals surface area contributed by atoms with Crippen LogP contribution in [0.4, 0.5) is 0 Å². The summed E-state index contributed by atoms with van der Waals surface area (Å²) in [6, 6.07) is 0. The molecule has 0 aromatic carbocycles. The molecule has 1 N–H and O–H groups in total. The zero-order valence-electron chi connectivity index (χ0n) is 9.05. The number of aliphatic hydroxyl groups is 1. The van der Waals surface area contributed by atoms with E-state index in [1.807, 2.05) is 21.0 Å². The molecule has 2 rings (SSSR count). The highest BCUT2D eigenvalue weighted by atomic mass is 16.3. The number of hydrogen-bond donors (Lipinski definition) is 1. The lowest BCUT2D eigenvalue weighted by Crippen LogP contribution is -2.01. The second-order valence-corrected chi connectivity index (χ2v) is 3.66. The molecule has 0 aliphatic carbocycles. The summed E-state index contributed by atoms with van der Waals surface area (Å²) in [4.78, 5) is 0. The molecule has 0 radical (unpaired) electrons. The van der Waals surface area contributed by atoms with Crippen LogP contribution in [-0.4, -0.2) is 24.7 Å². The van der Waals surface area contributed by atoms with Crippen LogP contribution in [0.25, 0.3) is 0 Å². The minimum atomic E-state index is -0.646. The Balaban J connectivity index is 2.36. The highest BCUT2D eigenvalue weighted by molar-refractivity contribution is 5.28. The Labute approximate surface area is 88.0 Å². The van der Waals surface area contributed by atoms with Gasteiger partial charge in [0.15, 0.2) is 0 Å². The van der Waals surface area contributed by atoms with E-state index < -0.39 is 6.10 Å². The Kier molecular flexibility index (Phi) is 2.32. The maximum absolute atomic E-state index is 10.1. The van der Waals surface area contributed by atoms with Gasteiger partial charge >= 0.3 is 0 Å². The van der Waals surface area contributed by atoms with Gasteiger partial charge in [-0.1, -0.05) is 0 Å². The molecule has 0 bridgehead atoms. The maximum Gasteiger partial charge on any atom is 0.110 e. The fourth-order valence-electron chi connectivity index (χ4n) is 1.55. The van der Waals surface area contributed by atoms with Gasteiger partial charge in [-0.3, -0.25) is 9.36 Å².